The summed E-state index contributed by atoms with van der Waals surface area (Å²) in [5.41, 5.74) is 3.30. The molecule has 0 spiro atoms. The first-order chi connectivity index (χ1) is 8.58. The maximum absolute atomic E-state index is 6.28. The monoisotopic (exact) mass is 323 g/mol. The molecule has 3 heteroatoms. The van der Waals surface area contributed by atoms with Crippen molar-refractivity contribution < 1.29 is 0 Å². The van der Waals surface area contributed by atoms with E-state index in [4.69, 9.17) is 11.6 Å². The van der Waals surface area contributed by atoms with Gasteiger partial charge in [0.25, 0.3) is 0 Å². The summed E-state index contributed by atoms with van der Waals surface area (Å²) < 4.78 is 1.09. The number of rotatable bonds is 3. The van der Waals surface area contributed by atoms with Crippen molar-refractivity contribution in [3.05, 3.63) is 63.1 Å². The van der Waals surface area contributed by atoms with Crippen LogP contribution in [0.5, 0.6) is 0 Å². The highest BCUT2D eigenvalue weighted by molar-refractivity contribution is 9.10. The SMILES string of the molecule is Cc1cccc(NC(C)c2ccc(Br)cc2)c1Cl. The zero-order chi connectivity index (χ0) is 13.1. The Kier molecular flexibility index (Phi) is 4.31. The van der Waals surface area contributed by atoms with Gasteiger partial charge in [-0.25, -0.2) is 0 Å². The molecule has 0 amide bonds. The van der Waals surface area contributed by atoms with Crippen LogP contribution >= 0.6 is 27.5 Å². The summed E-state index contributed by atoms with van der Waals surface area (Å²) in [5.74, 6) is 0. The van der Waals surface area contributed by atoms with E-state index in [1.807, 2.05) is 37.3 Å². The third-order valence-corrected chi connectivity index (χ3v) is 3.96. The lowest BCUT2D eigenvalue weighted by atomic mass is 10.1. The van der Waals surface area contributed by atoms with E-state index in [0.29, 0.717) is 0 Å². The molecule has 0 radical (unpaired) electrons. The second-order valence-electron chi connectivity index (χ2n) is 4.35. The molecule has 1 N–H and O–H groups in total. The van der Waals surface area contributed by atoms with Gasteiger partial charge in [-0.05, 0) is 43.2 Å². The standard InChI is InChI=1S/C15H15BrClN/c1-10-4-3-5-14(15(10)17)18-11(2)12-6-8-13(16)9-7-12/h3-9,11,18H,1-2H3. The first-order valence-corrected chi connectivity index (χ1v) is 7.02. The quantitative estimate of drug-likeness (QED) is 0.776. The molecule has 0 aromatic heterocycles. The first kappa shape index (κ1) is 13.4. The lowest BCUT2D eigenvalue weighted by Gasteiger charge is -2.17. The van der Waals surface area contributed by atoms with Crippen molar-refractivity contribution in [2.45, 2.75) is 19.9 Å². The summed E-state index contributed by atoms with van der Waals surface area (Å²) in [7, 11) is 0. The van der Waals surface area contributed by atoms with Crippen molar-refractivity contribution in [1.82, 2.24) is 0 Å². The molecule has 2 aromatic carbocycles. The Hall–Kier alpha value is -0.990. The van der Waals surface area contributed by atoms with Crippen LogP contribution in [0.25, 0.3) is 0 Å². The van der Waals surface area contributed by atoms with Crippen LogP contribution in [0.3, 0.4) is 0 Å². The van der Waals surface area contributed by atoms with Crippen molar-refractivity contribution in [2.75, 3.05) is 5.32 Å². The minimum absolute atomic E-state index is 0.220. The lowest BCUT2D eigenvalue weighted by Crippen LogP contribution is -2.07. The minimum Gasteiger partial charge on any atom is -0.377 e. The second kappa shape index (κ2) is 5.77. The van der Waals surface area contributed by atoms with Crippen molar-refractivity contribution >= 4 is 33.2 Å². The van der Waals surface area contributed by atoms with E-state index >= 15 is 0 Å². The average Bonchev–Trinajstić information content (AvgIpc) is 2.36. The van der Waals surface area contributed by atoms with Crippen LogP contribution < -0.4 is 5.32 Å². The van der Waals surface area contributed by atoms with E-state index in [1.54, 1.807) is 0 Å². The predicted octanol–water partition coefficient (Wildman–Crippen LogP) is 5.58. The average molecular weight is 325 g/mol. The van der Waals surface area contributed by atoms with E-state index in [2.05, 4.69) is 40.3 Å². The summed E-state index contributed by atoms with van der Waals surface area (Å²) in [6.45, 7) is 4.14. The van der Waals surface area contributed by atoms with Gasteiger partial charge in [0.1, 0.15) is 0 Å². The third-order valence-electron chi connectivity index (χ3n) is 2.93. The van der Waals surface area contributed by atoms with E-state index in [-0.39, 0.29) is 6.04 Å². The molecule has 1 unspecified atom stereocenters. The Morgan fingerprint density at radius 3 is 2.44 bits per heavy atom. The van der Waals surface area contributed by atoms with E-state index in [0.717, 1.165) is 20.7 Å². The number of aryl methyl sites for hydroxylation is 1. The van der Waals surface area contributed by atoms with Gasteiger partial charge in [-0.2, -0.15) is 0 Å². The smallest absolute Gasteiger partial charge is 0.0666 e. The summed E-state index contributed by atoms with van der Waals surface area (Å²) in [4.78, 5) is 0. The van der Waals surface area contributed by atoms with Gasteiger partial charge in [-0.3, -0.25) is 0 Å². The summed E-state index contributed by atoms with van der Waals surface area (Å²) in [6, 6.07) is 14.5. The van der Waals surface area contributed by atoms with Crippen LogP contribution in [0.4, 0.5) is 5.69 Å². The third kappa shape index (κ3) is 3.06. The molecule has 2 rings (SSSR count). The molecule has 0 bridgehead atoms. The zero-order valence-electron chi connectivity index (χ0n) is 10.4. The largest absolute Gasteiger partial charge is 0.377 e. The number of nitrogens with one attached hydrogen (secondary N) is 1. The van der Waals surface area contributed by atoms with Crippen LogP contribution in [0.15, 0.2) is 46.9 Å². The lowest BCUT2D eigenvalue weighted by molar-refractivity contribution is 0.884. The van der Waals surface area contributed by atoms with E-state index < -0.39 is 0 Å². The Bertz CT molecular complexity index is 537. The molecule has 2 aromatic rings. The van der Waals surface area contributed by atoms with E-state index in [9.17, 15) is 0 Å². The molecule has 1 atom stereocenters. The molecule has 1 nitrogen and oxygen atoms in total. The zero-order valence-corrected chi connectivity index (χ0v) is 12.7. The fourth-order valence-electron chi connectivity index (χ4n) is 1.83. The molecule has 0 heterocycles. The van der Waals surface area contributed by atoms with Crippen molar-refractivity contribution in [2.24, 2.45) is 0 Å². The van der Waals surface area contributed by atoms with Crippen LogP contribution in [0, 0.1) is 6.92 Å². The van der Waals surface area contributed by atoms with Gasteiger partial charge >= 0.3 is 0 Å². The van der Waals surface area contributed by atoms with Gasteiger partial charge in [0, 0.05) is 10.5 Å². The molecule has 0 saturated carbocycles. The van der Waals surface area contributed by atoms with E-state index in [1.165, 1.54) is 5.56 Å². The molecule has 0 aliphatic carbocycles. The Labute approximate surface area is 121 Å². The Morgan fingerprint density at radius 1 is 1.11 bits per heavy atom. The van der Waals surface area contributed by atoms with Crippen molar-refractivity contribution in [3.63, 3.8) is 0 Å². The molecule has 0 aliphatic heterocycles. The van der Waals surface area contributed by atoms with Crippen molar-refractivity contribution in [3.8, 4) is 0 Å². The topological polar surface area (TPSA) is 12.0 Å². The Morgan fingerprint density at radius 2 is 1.78 bits per heavy atom. The predicted molar refractivity (Wildman–Crippen MR) is 82.4 cm³/mol. The molecule has 0 fully saturated rings. The highest BCUT2D eigenvalue weighted by atomic mass is 79.9. The van der Waals surface area contributed by atoms with Crippen LogP contribution in [0.2, 0.25) is 5.02 Å². The highest BCUT2D eigenvalue weighted by Gasteiger charge is 2.08. The highest BCUT2D eigenvalue weighted by Crippen LogP contribution is 2.29. The molecular weight excluding hydrogens is 310 g/mol. The van der Waals surface area contributed by atoms with Gasteiger partial charge in [0.2, 0.25) is 0 Å². The fourth-order valence-corrected chi connectivity index (χ4v) is 2.27. The van der Waals surface area contributed by atoms with Gasteiger partial charge < -0.3 is 5.32 Å². The van der Waals surface area contributed by atoms with Gasteiger partial charge in [-0.1, -0.05) is 51.8 Å². The maximum Gasteiger partial charge on any atom is 0.0666 e. The summed E-state index contributed by atoms with van der Waals surface area (Å²) in [6.07, 6.45) is 0. The number of hydrogen-bond donors (Lipinski definition) is 1. The molecule has 0 aliphatic rings. The van der Waals surface area contributed by atoms with Crippen LogP contribution in [-0.4, -0.2) is 0 Å². The van der Waals surface area contributed by atoms with Crippen molar-refractivity contribution in [1.29, 1.82) is 0 Å². The minimum atomic E-state index is 0.220. The number of halogens is 2. The summed E-state index contributed by atoms with van der Waals surface area (Å²) >= 11 is 9.72. The molecule has 0 saturated heterocycles. The number of anilines is 1. The first-order valence-electron chi connectivity index (χ1n) is 5.85. The molecular formula is C15H15BrClN. The summed E-state index contributed by atoms with van der Waals surface area (Å²) in [5, 5.41) is 4.23. The van der Waals surface area contributed by atoms with Gasteiger partial charge in [0.05, 0.1) is 10.7 Å². The van der Waals surface area contributed by atoms with Gasteiger partial charge in [-0.15, -0.1) is 0 Å². The fraction of sp³-hybridized carbons (Fsp3) is 0.200. The Balaban J connectivity index is 2.18. The molecule has 18 heavy (non-hydrogen) atoms. The normalized spacial score (nSPS) is 12.2. The number of hydrogen-bond acceptors (Lipinski definition) is 1. The maximum atomic E-state index is 6.28. The van der Waals surface area contributed by atoms with Gasteiger partial charge in [0.15, 0.2) is 0 Å². The number of benzene rings is 2. The molecule has 94 valence electrons. The second-order valence-corrected chi connectivity index (χ2v) is 5.65. The van der Waals surface area contributed by atoms with Crippen LogP contribution in [-0.2, 0) is 0 Å². The van der Waals surface area contributed by atoms with Crippen LogP contribution in [0.1, 0.15) is 24.1 Å².